The minimum Gasteiger partial charge on any atom is -0.354 e. The first-order valence-electron chi connectivity index (χ1n) is 8.47. The third-order valence-corrected chi connectivity index (χ3v) is 6.63. The zero-order valence-corrected chi connectivity index (χ0v) is 15.9. The number of nitrogens with zero attached hydrogens (tertiary/aromatic N) is 3. The number of aromatic nitrogens is 2. The molecule has 3 aromatic rings. The molecule has 0 spiro atoms. The molecule has 0 aliphatic carbocycles. The standard InChI is InChI=1S/C18H18N4O2S2/c1-19-15(23)14-13(12-3-2-6-20-16(12)26-14)11-4-8-22(9-5-11)18(24)17-21-7-10-25-17/h2-3,6-7,10-11H,4-5,8-9H2,1H3,(H,19,23). The maximum Gasteiger partial charge on any atom is 0.282 e. The van der Waals surface area contributed by atoms with E-state index in [1.165, 1.54) is 22.7 Å². The summed E-state index contributed by atoms with van der Waals surface area (Å²) in [5, 5.41) is 6.16. The molecule has 3 aromatic heterocycles. The van der Waals surface area contributed by atoms with Crippen molar-refractivity contribution < 1.29 is 9.59 Å². The van der Waals surface area contributed by atoms with E-state index in [1.54, 1.807) is 19.4 Å². The highest BCUT2D eigenvalue weighted by Crippen LogP contribution is 2.39. The first-order valence-corrected chi connectivity index (χ1v) is 10.2. The third-order valence-electron chi connectivity index (χ3n) is 4.74. The average molecular weight is 387 g/mol. The molecule has 8 heteroatoms. The number of amides is 2. The molecular formula is C18H18N4O2S2. The summed E-state index contributed by atoms with van der Waals surface area (Å²) in [7, 11) is 1.65. The van der Waals surface area contributed by atoms with Gasteiger partial charge >= 0.3 is 0 Å². The minimum absolute atomic E-state index is 0.00168. The fourth-order valence-electron chi connectivity index (χ4n) is 3.47. The molecule has 0 atom stereocenters. The fourth-order valence-corrected chi connectivity index (χ4v) is 5.25. The van der Waals surface area contributed by atoms with Crippen LogP contribution in [0.5, 0.6) is 0 Å². The molecule has 1 saturated heterocycles. The van der Waals surface area contributed by atoms with Crippen molar-refractivity contribution in [2.24, 2.45) is 0 Å². The number of hydrogen-bond donors (Lipinski definition) is 1. The number of likely N-dealkylation sites (tertiary alicyclic amines) is 1. The van der Waals surface area contributed by atoms with E-state index < -0.39 is 0 Å². The van der Waals surface area contributed by atoms with E-state index in [2.05, 4.69) is 15.3 Å². The van der Waals surface area contributed by atoms with Crippen molar-refractivity contribution in [2.75, 3.05) is 20.1 Å². The number of thiophene rings is 1. The molecular weight excluding hydrogens is 368 g/mol. The van der Waals surface area contributed by atoms with Crippen LogP contribution in [0, 0.1) is 0 Å². The van der Waals surface area contributed by atoms with Crippen molar-refractivity contribution in [2.45, 2.75) is 18.8 Å². The van der Waals surface area contributed by atoms with Gasteiger partial charge in [-0.3, -0.25) is 9.59 Å². The largest absolute Gasteiger partial charge is 0.354 e. The molecule has 2 amide bonds. The van der Waals surface area contributed by atoms with Crippen molar-refractivity contribution in [1.29, 1.82) is 0 Å². The summed E-state index contributed by atoms with van der Waals surface area (Å²) in [5.74, 6) is 0.187. The van der Waals surface area contributed by atoms with Crippen LogP contribution in [0.2, 0.25) is 0 Å². The van der Waals surface area contributed by atoms with E-state index in [4.69, 9.17) is 0 Å². The predicted octanol–water partition coefficient (Wildman–Crippen LogP) is 3.13. The Morgan fingerprint density at radius 3 is 2.73 bits per heavy atom. The molecule has 0 bridgehead atoms. The minimum atomic E-state index is -0.0655. The summed E-state index contributed by atoms with van der Waals surface area (Å²) < 4.78 is 0. The Kier molecular flexibility index (Phi) is 4.69. The number of carbonyl (C=O) groups excluding carboxylic acids is 2. The van der Waals surface area contributed by atoms with Gasteiger partial charge in [-0.2, -0.15) is 0 Å². The molecule has 4 heterocycles. The number of fused-ring (bicyclic) bond motifs is 1. The maximum absolute atomic E-state index is 12.5. The Morgan fingerprint density at radius 2 is 2.04 bits per heavy atom. The first-order chi connectivity index (χ1) is 12.7. The van der Waals surface area contributed by atoms with Crippen molar-refractivity contribution >= 4 is 44.7 Å². The van der Waals surface area contributed by atoms with Gasteiger partial charge < -0.3 is 10.2 Å². The lowest BCUT2D eigenvalue weighted by molar-refractivity contribution is 0.0711. The second-order valence-electron chi connectivity index (χ2n) is 6.18. The van der Waals surface area contributed by atoms with Crippen LogP contribution in [-0.2, 0) is 0 Å². The molecule has 134 valence electrons. The molecule has 0 aromatic carbocycles. The van der Waals surface area contributed by atoms with Gasteiger partial charge in [0.05, 0.1) is 4.88 Å². The average Bonchev–Trinajstić information content (AvgIpc) is 3.35. The van der Waals surface area contributed by atoms with E-state index in [9.17, 15) is 9.59 Å². The van der Waals surface area contributed by atoms with E-state index in [1.807, 2.05) is 22.4 Å². The van der Waals surface area contributed by atoms with Crippen LogP contribution >= 0.6 is 22.7 Å². The van der Waals surface area contributed by atoms with Gasteiger partial charge in [-0.15, -0.1) is 22.7 Å². The SMILES string of the molecule is CNC(=O)c1sc2ncccc2c1C1CCN(C(=O)c2nccs2)CC1. The summed E-state index contributed by atoms with van der Waals surface area (Å²) in [6.45, 7) is 1.35. The van der Waals surface area contributed by atoms with Gasteiger partial charge in [-0.25, -0.2) is 9.97 Å². The summed E-state index contributed by atoms with van der Waals surface area (Å²) in [6.07, 6.45) is 5.08. The highest BCUT2D eigenvalue weighted by Gasteiger charge is 2.30. The van der Waals surface area contributed by atoms with Crippen molar-refractivity contribution in [1.82, 2.24) is 20.2 Å². The van der Waals surface area contributed by atoms with Crippen LogP contribution in [0.4, 0.5) is 0 Å². The zero-order chi connectivity index (χ0) is 18.1. The Morgan fingerprint density at radius 1 is 1.23 bits per heavy atom. The zero-order valence-electron chi connectivity index (χ0n) is 14.3. The first kappa shape index (κ1) is 17.1. The van der Waals surface area contributed by atoms with Crippen LogP contribution in [0.15, 0.2) is 29.9 Å². The molecule has 6 nitrogen and oxygen atoms in total. The van der Waals surface area contributed by atoms with Gasteiger partial charge in [-0.1, -0.05) is 6.07 Å². The Labute approximate surface area is 158 Å². The van der Waals surface area contributed by atoms with Gasteiger partial charge in [0.1, 0.15) is 4.83 Å². The number of carbonyl (C=O) groups is 2. The fraction of sp³-hybridized carbons (Fsp3) is 0.333. The quantitative estimate of drug-likeness (QED) is 0.750. The predicted molar refractivity (Wildman–Crippen MR) is 103 cm³/mol. The molecule has 26 heavy (non-hydrogen) atoms. The lowest BCUT2D eigenvalue weighted by atomic mass is 9.87. The summed E-state index contributed by atoms with van der Waals surface area (Å²) in [6, 6.07) is 3.95. The van der Waals surface area contributed by atoms with Gasteiger partial charge in [-0.05, 0) is 30.4 Å². The van der Waals surface area contributed by atoms with Crippen molar-refractivity contribution in [3.8, 4) is 0 Å². The van der Waals surface area contributed by atoms with Gasteiger partial charge in [0.25, 0.3) is 11.8 Å². The van der Waals surface area contributed by atoms with Crippen LogP contribution in [0.1, 0.15) is 43.8 Å². The van der Waals surface area contributed by atoms with E-state index in [-0.39, 0.29) is 17.7 Å². The summed E-state index contributed by atoms with van der Waals surface area (Å²) in [5.41, 5.74) is 1.08. The number of piperidine rings is 1. The highest BCUT2D eigenvalue weighted by atomic mass is 32.1. The van der Waals surface area contributed by atoms with E-state index in [0.717, 1.165) is 33.5 Å². The molecule has 1 aliphatic rings. The number of nitrogens with one attached hydrogen (secondary N) is 1. The molecule has 0 radical (unpaired) electrons. The topological polar surface area (TPSA) is 75.2 Å². The Bertz CT molecular complexity index is 943. The smallest absolute Gasteiger partial charge is 0.282 e. The molecule has 0 unspecified atom stereocenters. The summed E-state index contributed by atoms with van der Waals surface area (Å²) in [4.78, 5) is 36.9. The Hall–Kier alpha value is -2.32. The number of thiazole rings is 1. The molecule has 1 fully saturated rings. The number of rotatable bonds is 3. The van der Waals surface area contributed by atoms with Crippen LogP contribution in [0.25, 0.3) is 10.2 Å². The number of hydrogen-bond acceptors (Lipinski definition) is 6. The van der Waals surface area contributed by atoms with Crippen LogP contribution in [-0.4, -0.2) is 46.8 Å². The third kappa shape index (κ3) is 2.99. The maximum atomic E-state index is 12.5. The van der Waals surface area contributed by atoms with Crippen LogP contribution in [0.3, 0.4) is 0 Å². The second-order valence-corrected chi connectivity index (χ2v) is 8.08. The van der Waals surface area contributed by atoms with E-state index in [0.29, 0.717) is 18.1 Å². The highest BCUT2D eigenvalue weighted by molar-refractivity contribution is 7.20. The van der Waals surface area contributed by atoms with Crippen LogP contribution < -0.4 is 5.32 Å². The molecule has 1 aliphatic heterocycles. The number of pyridine rings is 1. The molecule has 4 rings (SSSR count). The molecule has 0 saturated carbocycles. The van der Waals surface area contributed by atoms with Gasteiger partial charge in [0, 0.05) is 43.3 Å². The van der Waals surface area contributed by atoms with Gasteiger partial charge in [0.15, 0.2) is 5.01 Å². The Balaban J connectivity index is 1.59. The lowest BCUT2D eigenvalue weighted by Crippen LogP contribution is -2.38. The van der Waals surface area contributed by atoms with E-state index >= 15 is 0 Å². The monoisotopic (exact) mass is 386 g/mol. The van der Waals surface area contributed by atoms with Gasteiger partial charge in [0.2, 0.25) is 0 Å². The second kappa shape index (κ2) is 7.13. The lowest BCUT2D eigenvalue weighted by Gasteiger charge is -2.32. The molecule has 1 N–H and O–H groups in total. The summed E-state index contributed by atoms with van der Waals surface area (Å²) >= 11 is 2.82. The van der Waals surface area contributed by atoms with Crippen molar-refractivity contribution in [3.63, 3.8) is 0 Å². The van der Waals surface area contributed by atoms with Crippen molar-refractivity contribution in [3.05, 3.63) is 45.4 Å². The normalized spacial score (nSPS) is 15.3.